The summed E-state index contributed by atoms with van der Waals surface area (Å²) in [5.74, 6) is 1.02. The van der Waals surface area contributed by atoms with Gasteiger partial charge in [0.05, 0.1) is 6.61 Å². The third-order valence-electron chi connectivity index (χ3n) is 4.30. The zero-order chi connectivity index (χ0) is 16.1. The second-order valence-electron chi connectivity index (χ2n) is 5.82. The van der Waals surface area contributed by atoms with Crippen LogP contribution in [0.25, 0.3) is 0 Å². The van der Waals surface area contributed by atoms with Crippen molar-refractivity contribution in [1.82, 2.24) is 10.3 Å². The number of pyridine rings is 1. The van der Waals surface area contributed by atoms with Crippen molar-refractivity contribution in [3.8, 4) is 5.88 Å². The van der Waals surface area contributed by atoms with Gasteiger partial charge < -0.3 is 10.1 Å². The number of carbonyl (C=O) groups is 1. The summed E-state index contributed by atoms with van der Waals surface area (Å²) in [6, 6.07) is 12.2. The Bertz CT molecular complexity index is 685. The molecule has 0 saturated carbocycles. The van der Waals surface area contributed by atoms with Crippen molar-refractivity contribution in [2.75, 3.05) is 6.61 Å². The lowest BCUT2D eigenvalue weighted by molar-refractivity contribution is -0.121. The van der Waals surface area contributed by atoms with Crippen LogP contribution in [0.4, 0.5) is 0 Å². The van der Waals surface area contributed by atoms with Crippen LogP contribution in [0.2, 0.25) is 0 Å². The van der Waals surface area contributed by atoms with Crippen LogP contribution in [0, 0.1) is 0 Å². The van der Waals surface area contributed by atoms with Gasteiger partial charge in [0.25, 0.3) is 0 Å². The van der Waals surface area contributed by atoms with Gasteiger partial charge in [-0.25, -0.2) is 4.98 Å². The van der Waals surface area contributed by atoms with E-state index in [-0.39, 0.29) is 5.91 Å². The van der Waals surface area contributed by atoms with Crippen LogP contribution < -0.4 is 10.1 Å². The summed E-state index contributed by atoms with van der Waals surface area (Å²) < 4.78 is 5.49. The Morgan fingerprint density at radius 3 is 3.04 bits per heavy atom. The Labute approximate surface area is 136 Å². The van der Waals surface area contributed by atoms with E-state index in [0.717, 1.165) is 18.4 Å². The number of aryl methyl sites for hydroxylation is 1. The summed E-state index contributed by atoms with van der Waals surface area (Å²) in [5, 5.41) is 3.00. The molecule has 1 aromatic carbocycles. The molecular weight excluding hydrogens is 288 g/mol. The van der Waals surface area contributed by atoms with E-state index in [9.17, 15) is 4.79 Å². The fraction of sp³-hybridized carbons (Fsp3) is 0.368. The van der Waals surface area contributed by atoms with Crippen molar-refractivity contribution in [3.05, 3.63) is 59.3 Å². The molecule has 0 aliphatic heterocycles. The predicted octanol–water partition coefficient (Wildman–Crippen LogP) is 3.22. The topological polar surface area (TPSA) is 51.2 Å². The Hall–Kier alpha value is -2.36. The van der Waals surface area contributed by atoms with Crippen LogP contribution in [-0.2, 0) is 17.8 Å². The molecule has 3 rings (SSSR count). The quantitative estimate of drug-likeness (QED) is 0.891. The maximum absolute atomic E-state index is 12.3. The van der Waals surface area contributed by atoms with Crippen LogP contribution >= 0.6 is 0 Å². The summed E-state index contributed by atoms with van der Waals surface area (Å²) in [4.78, 5) is 16.5. The Kier molecular flexibility index (Phi) is 4.91. The maximum Gasteiger partial charge on any atom is 0.220 e. The van der Waals surface area contributed by atoms with Gasteiger partial charge >= 0.3 is 0 Å². The van der Waals surface area contributed by atoms with E-state index >= 15 is 0 Å². The van der Waals surface area contributed by atoms with E-state index in [1.54, 1.807) is 6.20 Å². The van der Waals surface area contributed by atoms with E-state index in [0.29, 0.717) is 31.4 Å². The monoisotopic (exact) mass is 310 g/mol. The number of aromatic nitrogens is 1. The number of hydrogen-bond acceptors (Lipinski definition) is 3. The van der Waals surface area contributed by atoms with Crippen molar-refractivity contribution in [3.63, 3.8) is 0 Å². The lowest BCUT2D eigenvalue weighted by atomic mass is 9.97. The molecular formula is C19H22N2O2. The molecule has 23 heavy (non-hydrogen) atoms. The molecule has 4 heteroatoms. The minimum absolute atomic E-state index is 0.0815. The molecule has 0 spiro atoms. The van der Waals surface area contributed by atoms with E-state index in [2.05, 4.69) is 34.6 Å². The molecule has 0 unspecified atom stereocenters. The Balaban J connectivity index is 1.57. The summed E-state index contributed by atoms with van der Waals surface area (Å²) >= 11 is 0. The lowest BCUT2D eigenvalue weighted by Crippen LogP contribution is -2.24. The number of nitrogens with zero attached hydrogens (tertiary/aromatic N) is 1. The fourth-order valence-electron chi connectivity index (χ4n) is 3.17. The van der Waals surface area contributed by atoms with Crippen LogP contribution in [-0.4, -0.2) is 17.5 Å². The van der Waals surface area contributed by atoms with Crippen LogP contribution in [0.5, 0.6) is 5.88 Å². The number of benzene rings is 1. The Morgan fingerprint density at radius 2 is 2.17 bits per heavy atom. The Morgan fingerprint density at radius 1 is 1.30 bits per heavy atom. The number of rotatable bonds is 6. The highest BCUT2D eigenvalue weighted by Crippen LogP contribution is 2.35. The predicted molar refractivity (Wildman–Crippen MR) is 89.4 cm³/mol. The van der Waals surface area contributed by atoms with Gasteiger partial charge in [-0.05, 0) is 42.9 Å². The molecule has 0 saturated heterocycles. The largest absolute Gasteiger partial charge is 0.478 e. The van der Waals surface area contributed by atoms with Crippen molar-refractivity contribution >= 4 is 5.91 Å². The SMILES string of the molecule is CCOc1ncccc1CNC(=O)C[C@H]1CCc2ccccc21. The summed E-state index contributed by atoms with van der Waals surface area (Å²) in [5.41, 5.74) is 3.63. The van der Waals surface area contributed by atoms with Gasteiger partial charge in [-0.1, -0.05) is 30.3 Å². The average Bonchev–Trinajstić information content (AvgIpc) is 2.98. The number of amides is 1. The maximum atomic E-state index is 12.3. The fourth-order valence-corrected chi connectivity index (χ4v) is 3.17. The summed E-state index contributed by atoms with van der Waals surface area (Å²) in [7, 11) is 0. The van der Waals surface area contributed by atoms with E-state index < -0.39 is 0 Å². The van der Waals surface area contributed by atoms with Crippen molar-refractivity contribution in [2.45, 2.75) is 38.6 Å². The van der Waals surface area contributed by atoms with Gasteiger partial charge in [0, 0.05) is 24.7 Å². The lowest BCUT2D eigenvalue weighted by Gasteiger charge is -2.13. The molecule has 1 atom stereocenters. The van der Waals surface area contributed by atoms with Crippen LogP contribution in [0.1, 0.15) is 42.4 Å². The molecule has 0 fully saturated rings. The smallest absolute Gasteiger partial charge is 0.220 e. The number of carbonyl (C=O) groups excluding carboxylic acids is 1. The average molecular weight is 310 g/mol. The molecule has 1 heterocycles. The number of fused-ring (bicyclic) bond motifs is 1. The van der Waals surface area contributed by atoms with Crippen molar-refractivity contribution < 1.29 is 9.53 Å². The highest BCUT2D eigenvalue weighted by molar-refractivity contribution is 5.77. The molecule has 120 valence electrons. The zero-order valence-electron chi connectivity index (χ0n) is 13.4. The van der Waals surface area contributed by atoms with Crippen LogP contribution in [0.15, 0.2) is 42.6 Å². The van der Waals surface area contributed by atoms with Gasteiger partial charge in [0.15, 0.2) is 0 Å². The number of hydrogen-bond donors (Lipinski definition) is 1. The van der Waals surface area contributed by atoms with Gasteiger partial charge in [0.2, 0.25) is 11.8 Å². The van der Waals surface area contributed by atoms with Crippen molar-refractivity contribution in [2.24, 2.45) is 0 Å². The molecule has 1 aliphatic rings. The van der Waals surface area contributed by atoms with E-state index in [4.69, 9.17) is 4.74 Å². The number of nitrogens with one attached hydrogen (secondary N) is 1. The first kappa shape index (κ1) is 15.5. The molecule has 1 aromatic heterocycles. The highest BCUT2D eigenvalue weighted by Gasteiger charge is 2.24. The second kappa shape index (κ2) is 7.27. The first-order valence-electron chi connectivity index (χ1n) is 8.19. The molecule has 0 bridgehead atoms. The first-order chi connectivity index (χ1) is 11.3. The van der Waals surface area contributed by atoms with E-state index in [1.165, 1.54) is 11.1 Å². The van der Waals surface area contributed by atoms with E-state index in [1.807, 2.05) is 19.1 Å². The summed E-state index contributed by atoms with van der Waals surface area (Å²) in [6.45, 7) is 2.95. The normalized spacial score (nSPS) is 16.0. The van der Waals surface area contributed by atoms with Crippen LogP contribution in [0.3, 0.4) is 0 Å². The third-order valence-corrected chi connectivity index (χ3v) is 4.30. The minimum Gasteiger partial charge on any atom is -0.478 e. The number of ether oxygens (including phenoxy) is 1. The molecule has 0 radical (unpaired) electrons. The zero-order valence-corrected chi connectivity index (χ0v) is 13.4. The molecule has 4 nitrogen and oxygen atoms in total. The second-order valence-corrected chi connectivity index (χ2v) is 5.82. The summed E-state index contributed by atoms with van der Waals surface area (Å²) in [6.07, 6.45) is 4.38. The minimum atomic E-state index is 0.0815. The van der Waals surface area contributed by atoms with Gasteiger partial charge in [-0.15, -0.1) is 0 Å². The van der Waals surface area contributed by atoms with Gasteiger partial charge in [0.1, 0.15) is 0 Å². The third kappa shape index (κ3) is 3.70. The molecule has 1 N–H and O–H groups in total. The first-order valence-corrected chi connectivity index (χ1v) is 8.19. The standard InChI is InChI=1S/C19H22N2O2/c1-2-23-19-16(7-5-11-20-19)13-21-18(22)12-15-10-9-14-6-3-4-8-17(14)15/h3-8,11,15H,2,9-10,12-13H2,1H3,(H,21,22)/t15-/m1/s1. The highest BCUT2D eigenvalue weighted by atomic mass is 16.5. The van der Waals surface area contributed by atoms with Gasteiger partial charge in [-0.2, -0.15) is 0 Å². The van der Waals surface area contributed by atoms with Crippen molar-refractivity contribution in [1.29, 1.82) is 0 Å². The molecule has 1 amide bonds. The molecule has 2 aromatic rings. The molecule has 1 aliphatic carbocycles. The van der Waals surface area contributed by atoms with Gasteiger partial charge in [-0.3, -0.25) is 4.79 Å².